The van der Waals surface area contributed by atoms with E-state index in [-0.39, 0.29) is 12.5 Å². The van der Waals surface area contributed by atoms with Crippen LogP contribution in [-0.4, -0.2) is 51.3 Å². The SMILES string of the molecule is CC(=O)OC1[C@@]2(OC(C)=O)[C@]1(CCl)OC[C@]2(Cl)n1ccc(=O)[nH]c1=O. The molecule has 0 bridgehead atoms. The number of alkyl halides is 2. The molecule has 0 aromatic carbocycles. The summed E-state index contributed by atoms with van der Waals surface area (Å²) in [6.45, 7) is 2.04. The Morgan fingerprint density at radius 1 is 1.40 bits per heavy atom. The summed E-state index contributed by atoms with van der Waals surface area (Å²) >= 11 is 12.7. The summed E-state index contributed by atoms with van der Waals surface area (Å²) < 4.78 is 17.3. The van der Waals surface area contributed by atoms with Gasteiger partial charge in [-0.15, -0.1) is 11.6 Å². The number of aromatic nitrogens is 2. The van der Waals surface area contributed by atoms with E-state index >= 15 is 0 Å². The van der Waals surface area contributed by atoms with Crippen LogP contribution in [0.3, 0.4) is 0 Å². The predicted molar refractivity (Wildman–Crippen MR) is 84.6 cm³/mol. The van der Waals surface area contributed by atoms with Crippen LogP contribution in [0.4, 0.5) is 0 Å². The zero-order chi connectivity index (χ0) is 18.6. The minimum Gasteiger partial charge on any atom is -0.455 e. The molecule has 2 heterocycles. The van der Waals surface area contributed by atoms with E-state index in [4.69, 9.17) is 37.4 Å². The molecule has 0 radical (unpaired) electrons. The predicted octanol–water partition coefficient (Wildman–Crippen LogP) is -0.317. The molecule has 1 saturated carbocycles. The first-order valence-corrected chi connectivity index (χ1v) is 8.14. The lowest BCUT2D eigenvalue weighted by Crippen LogP contribution is -2.53. The van der Waals surface area contributed by atoms with Gasteiger partial charge in [0.1, 0.15) is 0 Å². The fourth-order valence-corrected chi connectivity index (χ4v) is 4.33. The molecule has 9 nitrogen and oxygen atoms in total. The third-order valence-corrected chi connectivity index (χ3v) is 5.39. The molecule has 1 aliphatic carbocycles. The Hall–Kier alpha value is -1.84. The van der Waals surface area contributed by atoms with E-state index in [1.807, 2.05) is 0 Å². The second kappa shape index (κ2) is 5.58. The van der Waals surface area contributed by atoms with Crippen molar-refractivity contribution in [1.82, 2.24) is 9.55 Å². The highest BCUT2D eigenvalue weighted by molar-refractivity contribution is 6.25. The maximum absolute atomic E-state index is 12.2. The lowest BCUT2D eigenvalue weighted by atomic mass is 10.1. The molecule has 1 unspecified atom stereocenters. The topological polar surface area (TPSA) is 117 Å². The van der Waals surface area contributed by atoms with Crippen molar-refractivity contribution in [2.45, 2.75) is 36.2 Å². The Labute approximate surface area is 150 Å². The van der Waals surface area contributed by atoms with E-state index in [0.717, 1.165) is 23.8 Å². The number of nitrogens with one attached hydrogen (secondary N) is 1. The molecule has 1 aromatic heterocycles. The number of esters is 2. The van der Waals surface area contributed by atoms with Gasteiger partial charge in [-0.05, 0) is 0 Å². The third kappa shape index (κ3) is 2.19. The summed E-state index contributed by atoms with van der Waals surface area (Å²) in [4.78, 5) is 47.0. The number of ether oxygens (including phenoxy) is 3. The van der Waals surface area contributed by atoms with Crippen LogP contribution in [0.1, 0.15) is 13.8 Å². The third-order valence-electron chi connectivity index (χ3n) is 4.42. The minimum atomic E-state index is -1.77. The summed E-state index contributed by atoms with van der Waals surface area (Å²) in [5, 5.41) is 0. The van der Waals surface area contributed by atoms with Crippen molar-refractivity contribution in [3.63, 3.8) is 0 Å². The molecule has 0 amide bonds. The summed E-state index contributed by atoms with van der Waals surface area (Å²) in [7, 11) is 0. The zero-order valence-electron chi connectivity index (χ0n) is 13.2. The monoisotopic (exact) mass is 392 g/mol. The number of hydrogen-bond donors (Lipinski definition) is 1. The highest BCUT2D eigenvalue weighted by atomic mass is 35.5. The van der Waals surface area contributed by atoms with E-state index in [1.165, 1.54) is 6.92 Å². The first kappa shape index (κ1) is 18.0. The van der Waals surface area contributed by atoms with Gasteiger partial charge in [0.15, 0.2) is 16.7 Å². The van der Waals surface area contributed by atoms with Crippen LogP contribution in [0, 0.1) is 0 Å². The number of halogens is 2. The van der Waals surface area contributed by atoms with Gasteiger partial charge in [-0.2, -0.15) is 0 Å². The van der Waals surface area contributed by atoms with Gasteiger partial charge >= 0.3 is 17.6 Å². The van der Waals surface area contributed by atoms with Gasteiger partial charge in [-0.3, -0.25) is 23.9 Å². The highest BCUT2D eigenvalue weighted by Crippen LogP contribution is 2.69. The molecule has 1 aromatic rings. The first-order valence-electron chi connectivity index (χ1n) is 7.23. The van der Waals surface area contributed by atoms with Crippen LogP contribution in [0.15, 0.2) is 21.9 Å². The quantitative estimate of drug-likeness (QED) is 0.551. The van der Waals surface area contributed by atoms with Crippen molar-refractivity contribution >= 4 is 35.1 Å². The molecule has 0 spiro atoms. The maximum Gasteiger partial charge on any atom is 0.330 e. The molecule has 4 atom stereocenters. The van der Waals surface area contributed by atoms with Crippen molar-refractivity contribution in [1.29, 1.82) is 0 Å². The summed E-state index contributed by atoms with van der Waals surface area (Å²) in [5.41, 5.74) is -4.58. The number of H-pyrrole nitrogens is 1. The Morgan fingerprint density at radius 2 is 2.08 bits per heavy atom. The van der Waals surface area contributed by atoms with Gasteiger partial charge in [0.05, 0.1) is 12.5 Å². The largest absolute Gasteiger partial charge is 0.455 e. The summed E-state index contributed by atoms with van der Waals surface area (Å²) in [6.07, 6.45) is 0.0416. The van der Waals surface area contributed by atoms with Gasteiger partial charge in [-0.25, -0.2) is 4.79 Å². The molecule has 1 N–H and O–H groups in total. The van der Waals surface area contributed by atoms with Crippen LogP contribution in [0.25, 0.3) is 0 Å². The Morgan fingerprint density at radius 3 is 2.60 bits per heavy atom. The lowest BCUT2D eigenvalue weighted by Gasteiger charge is -2.32. The van der Waals surface area contributed by atoms with E-state index < -0.39 is 45.5 Å². The van der Waals surface area contributed by atoms with E-state index in [1.54, 1.807) is 0 Å². The average molecular weight is 393 g/mol. The van der Waals surface area contributed by atoms with Crippen molar-refractivity contribution in [2.75, 3.05) is 12.5 Å². The van der Waals surface area contributed by atoms with Gasteiger partial charge in [0.25, 0.3) is 5.56 Å². The highest BCUT2D eigenvalue weighted by Gasteiger charge is 2.95. The van der Waals surface area contributed by atoms with Crippen molar-refractivity contribution in [2.24, 2.45) is 0 Å². The van der Waals surface area contributed by atoms with Crippen LogP contribution < -0.4 is 11.2 Å². The fraction of sp³-hybridized carbons (Fsp3) is 0.571. The van der Waals surface area contributed by atoms with Gasteiger partial charge in [-0.1, -0.05) is 11.6 Å². The van der Waals surface area contributed by atoms with Crippen LogP contribution >= 0.6 is 23.2 Å². The molecule has 136 valence electrons. The average Bonchev–Trinajstić information content (AvgIpc) is 2.93. The smallest absolute Gasteiger partial charge is 0.330 e. The molecular formula is C14H14Cl2N2O7. The number of aromatic amines is 1. The molecule has 2 fully saturated rings. The number of fused-ring (bicyclic) bond motifs is 1. The molecule has 25 heavy (non-hydrogen) atoms. The normalized spacial score (nSPS) is 35.8. The van der Waals surface area contributed by atoms with Crippen LogP contribution in [-0.2, 0) is 28.8 Å². The summed E-state index contributed by atoms with van der Waals surface area (Å²) in [5.74, 6) is -1.59. The fourth-order valence-electron chi connectivity index (χ4n) is 3.43. The molecule has 2 aliphatic rings. The lowest BCUT2D eigenvalue weighted by molar-refractivity contribution is -0.161. The number of carbonyl (C=O) groups is 2. The second-order valence-electron chi connectivity index (χ2n) is 5.87. The molecule has 3 rings (SSSR count). The van der Waals surface area contributed by atoms with Gasteiger partial charge in [0, 0.05) is 26.1 Å². The maximum atomic E-state index is 12.2. The minimum absolute atomic E-state index is 0.204. The molecular weight excluding hydrogens is 379 g/mol. The zero-order valence-corrected chi connectivity index (χ0v) is 14.7. The number of carbonyl (C=O) groups excluding carboxylic acids is 2. The van der Waals surface area contributed by atoms with Crippen LogP contribution in [0.2, 0.25) is 0 Å². The number of hydrogen-bond acceptors (Lipinski definition) is 7. The molecule has 1 aliphatic heterocycles. The van der Waals surface area contributed by atoms with Gasteiger partial charge in [0.2, 0.25) is 5.60 Å². The standard InChI is InChI=1S/C14H14Cl2N2O7/c1-7(19)24-10-12(5-15)14(10,25-8(2)20)13(16,6-23-12)18-4-3-9(21)17-11(18)22/h3-4,10H,5-6H2,1-2H3,(H,17,21,22)/t10?,12-,13+,14-/m1/s1. The number of nitrogens with zero attached hydrogens (tertiary/aromatic N) is 1. The number of rotatable bonds is 4. The van der Waals surface area contributed by atoms with Crippen molar-refractivity contribution in [3.05, 3.63) is 33.1 Å². The van der Waals surface area contributed by atoms with Gasteiger partial charge < -0.3 is 14.2 Å². The van der Waals surface area contributed by atoms with E-state index in [9.17, 15) is 19.2 Å². The Balaban J connectivity index is 2.19. The molecule has 11 heteroatoms. The van der Waals surface area contributed by atoms with Crippen LogP contribution in [0.5, 0.6) is 0 Å². The Bertz CT molecular complexity index is 867. The van der Waals surface area contributed by atoms with E-state index in [2.05, 4.69) is 4.98 Å². The summed E-state index contributed by atoms with van der Waals surface area (Å²) in [6, 6.07) is 1.08. The Kier molecular flexibility index (Phi) is 4.01. The molecule has 1 saturated heterocycles. The second-order valence-corrected chi connectivity index (χ2v) is 6.76. The van der Waals surface area contributed by atoms with Crippen molar-refractivity contribution in [3.8, 4) is 0 Å². The van der Waals surface area contributed by atoms with E-state index in [0.29, 0.717) is 0 Å². The van der Waals surface area contributed by atoms with Crippen molar-refractivity contribution < 1.29 is 23.8 Å². The first-order chi connectivity index (χ1) is 11.6.